The number of fused-ring (bicyclic) bond motifs is 4. The summed E-state index contributed by atoms with van der Waals surface area (Å²) in [6.07, 6.45) is 1.72. The fraction of sp³-hybridized carbons (Fsp3) is 0.192. The molecule has 1 aliphatic rings. The number of hydrogen-bond donors (Lipinski definition) is 0. The van der Waals surface area contributed by atoms with Gasteiger partial charge in [-0.25, -0.2) is 4.98 Å². The van der Waals surface area contributed by atoms with Gasteiger partial charge < -0.3 is 4.74 Å². The molecule has 6 aromatic carbocycles. The van der Waals surface area contributed by atoms with Crippen molar-refractivity contribution in [2.75, 3.05) is 0 Å². The van der Waals surface area contributed by atoms with Gasteiger partial charge in [0.25, 0.3) is 11.4 Å². The first-order valence-corrected chi connectivity index (χ1v) is 19.0. The van der Waals surface area contributed by atoms with E-state index in [1.165, 1.54) is 18.2 Å². The van der Waals surface area contributed by atoms with Crippen molar-refractivity contribution in [1.82, 2.24) is 18.7 Å². The molecule has 0 atom stereocenters. The van der Waals surface area contributed by atoms with Crippen LogP contribution < -0.4 is 13.9 Å². The largest absolute Gasteiger partial charge is 0.503 e. The molecule has 0 saturated carbocycles. The molecule has 280 valence electrons. The number of nitrogens with zero attached hydrogens (tertiary/aromatic N) is 4. The molecule has 0 amide bonds. The molecule has 8 aromatic rings. The fourth-order valence-corrected chi connectivity index (χ4v) is 7.50. The lowest BCUT2D eigenvalue weighted by molar-refractivity contribution is 0.479. The summed E-state index contributed by atoms with van der Waals surface area (Å²) in [4.78, 5) is 4.73. The topological polar surface area (TPSA) is 33.1 Å². The second-order valence-electron chi connectivity index (χ2n) is 16.5. The van der Waals surface area contributed by atoms with E-state index in [1.807, 2.05) is 81.9 Å². The summed E-state index contributed by atoms with van der Waals surface area (Å²) in [5, 5.41) is 1.00. The van der Waals surface area contributed by atoms with Crippen molar-refractivity contribution in [3.8, 4) is 28.4 Å². The van der Waals surface area contributed by atoms with Crippen molar-refractivity contribution in [2.45, 2.75) is 66.1 Å². The van der Waals surface area contributed by atoms with E-state index in [-0.39, 0.29) is 51.7 Å². The molecule has 3 heterocycles. The highest BCUT2D eigenvalue weighted by molar-refractivity contribution is 6.09. The van der Waals surface area contributed by atoms with Crippen LogP contribution in [0.2, 0.25) is 0 Å². The van der Waals surface area contributed by atoms with Gasteiger partial charge in [0.15, 0.2) is 0 Å². The number of aromatic nitrogens is 2. The molecular formula is C52H48N4O+2. The van der Waals surface area contributed by atoms with Crippen molar-refractivity contribution >= 4 is 50.6 Å². The number of aryl methyl sites for hydroxylation is 2. The van der Waals surface area contributed by atoms with Crippen LogP contribution >= 0.6 is 0 Å². The molecule has 0 radical (unpaired) electrons. The monoisotopic (exact) mass is 754 g/mol. The van der Waals surface area contributed by atoms with Crippen LogP contribution in [-0.2, 0) is 10.8 Å². The minimum Gasteiger partial charge on any atom is -0.457 e. The average Bonchev–Trinajstić information content (AvgIpc) is 3.83. The molecule has 1 aliphatic heterocycles. The zero-order valence-electron chi connectivity index (χ0n) is 42.7. The van der Waals surface area contributed by atoms with E-state index in [1.54, 1.807) is 29.0 Å². The smallest absolute Gasteiger partial charge is 0.457 e. The predicted octanol–water partition coefficient (Wildman–Crippen LogP) is 13.7. The van der Waals surface area contributed by atoms with Gasteiger partial charge in [0, 0.05) is 55.5 Å². The molecule has 2 aromatic heterocycles. The lowest BCUT2D eigenvalue weighted by Crippen LogP contribution is -2.12. The van der Waals surface area contributed by atoms with Crippen molar-refractivity contribution in [2.24, 2.45) is 0 Å². The minimum atomic E-state index is -2.60. The minimum absolute atomic E-state index is 0.0617. The van der Waals surface area contributed by atoms with Crippen LogP contribution in [0.3, 0.4) is 0 Å². The standard InChI is InChI=1S/C52H48N4O/c1-34-16-15-17-35(2)50(34)43-19-10-11-20-44(43)55-33-54(46-22-13-14-23-47(46)55)38-28-37(52(6,7)8)29-40(31-38)57-39-24-25-42-41-18-9-12-21-45(41)56(48(42)32-39)49-30-36(26-27-53-49)51(3,4)5/h9-32H,1-8H3/q+2/i1D3,2D3,9D,12D,18D,21D. The van der Waals surface area contributed by atoms with Crippen molar-refractivity contribution in [3.63, 3.8) is 0 Å². The number of hydrogen-bond acceptors (Lipinski definition) is 2. The Labute approximate surface area is 349 Å². The summed E-state index contributed by atoms with van der Waals surface area (Å²) >= 11 is 0. The van der Waals surface area contributed by atoms with Gasteiger partial charge >= 0.3 is 6.01 Å². The van der Waals surface area contributed by atoms with Crippen LogP contribution in [0.5, 0.6) is 11.5 Å². The van der Waals surface area contributed by atoms with E-state index in [0.717, 1.165) is 22.5 Å². The van der Waals surface area contributed by atoms with Crippen LogP contribution in [0.25, 0.3) is 38.8 Å². The number of benzene rings is 6. The molecule has 57 heavy (non-hydrogen) atoms. The third-order valence-electron chi connectivity index (χ3n) is 10.5. The first kappa shape index (κ1) is 26.3. The Bertz CT molecular complexity index is 3390. The molecule has 0 unspecified atom stereocenters. The van der Waals surface area contributed by atoms with Crippen molar-refractivity contribution < 1.29 is 18.4 Å². The molecule has 0 fully saturated rings. The molecule has 0 saturated heterocycles. The molecule has 0 aliphatic carbocycles. The summed E-state index contributed by atoms with van der Waals surface area (Å²) in [6.45, 7) is 7.42. The van der Waals surface area contributed by atoms with Crippen molar-refractivity contribution in [3.05, 3.63) is 168 Å². The summed E-state index contributed by atoms with van der Waals surface area (Å²) in [5.74, 6) is 1.47. The highest BCUT2D eigenvalue weighted by atomic mass is 16.5. The zero-order chi connectivity index (χ0) is 48.1. The van der Waals surface area contributed by atoms with Crippen LogP contribution in [0.1, 0.15) is 77.5 Å². The van der Waals surface area contributed by atoms with Gasteiger partial charge in [0.05, 0.1) is 28.1 Å². The van der Waals surface area contributed by atoms with Crippen LogP contribution in [-0.4, -0.2) is 15.6 Å². The zero-order valence-corrected chi connectivity index (χ0v) is 32.7. The van der Waals surface area contributed by atoms with Crippen molar-refractivity contribution in [1.29, 1.82) is 0 Å². The van der Waals surface area contributed by atoms with Crippen LogP contribution in [0.15, 0.2) is 146 Å². The second kappa shape index (κ2) is 13.6. The second-order valence-corrected chi connectivity index (χ2v) is 16.5. The Morgan fingerprint density at radius 3 is 2.07 bits per heavy atom. The lowest BCUT2D eigenvalue weighted by Gasteiger charge is -2.20. The Hall–Kier alpha value is -6.55. The molecule has 5 nitrogen and oxygen atoms in total. The molecule has 0 N–H and O–H groups in total. The van der Waals surface area contributed by atoms with E-state index in [4.69, 9.17) is 23.4 Å². The molecule has 9 rings (SSSR count). The SMILES string of the molecule is [2H]c1c([2H])c([2H])c2c(c1[2H])c1ccc(Oc3cc([N+]4=C=[N+](c5ccccc5-c5c(C([2H])([2H])[2H])cccc5C([2H])([2H])[2H])c5ccccc54)cc(C(C)(C)C)c3)cc1n2-c1cc(C(C)(C)C)ccn1. The first-order chi connectivity index (χ1) is 31.4. The highest BCUT2D eigenvalue weighted by Crippen LogP contribution is 2.43. The van der Waals surface area contributed by atoms with E-state index in [2.05, 4.69) is 53.6 Å². The Balaban J connectivity index is 1.24. The lowest BCUT2D eigenvalue weighted by atomic mass is 9.86. The van der Waals surface area contributed by atoms with Gasteiger partial charge in [-0.1, -0.05) is 102 Å². The average molecular weight is 755 g/mol. The third kappa shape index (κ3) is 6.44. The van der Waals surface area contributed by atoms with E-state index >= 15 is 0 Å². The third-order valence-corrected chi connectivity index (χ3v) is 10.5. The number of pyridine rings is 1. The quantitative estimate of drug-likeness (QED) is 0.158. The fourth-order valence-electron chi connectivity index (χ4n) is 7.50. The van der Waals surface area contributed by atoms with Gasteiger partial charge in [0.2, 0.25) is 11.4 Å². The van der Waals surface area contributed by atoms with E-state index < -0.39 is 13.7 Å². The van der Waals surface area contributed by atoms with Gasteiger partial charge in [0.1, 0.15) is 17.3 Å². The first-order valence-electron chi connectivity index (χ1n) is 24.0. The maximum Gasteiger partial charge on any atom is 0.503 e. The summed E-state index contributed by atoms with van der Waals surface area (Å²) < 4.78 is 98.0. The van der Waals surface area contributed by atoms with Crippen LogP contribution in [0, 0.1) is 13.7 Å². The number of ether oxygens (including phenoxy) is 1. The van der Waals surface area contributed by atoms with Gasteiger partial charge in [-0.2, -0.15) is 0 Å². The maximum atomic E-state index is 9.06. The van der Waals surface area contributed by atoms with Crippen LogP contribution in [0.4, 0.5) is 22.7 Å². The maximum absolute atomic E-state index is 9.06. The Morgan fingerprint density at radius 1 is 0.632 bits per heavy atom. The van der Waals surface area contributed by atoms with E-state index in [0.29, 0.717) is 56.1 Å². The number of rotatable bonds is 6. The van der Waals surface area contributed by atoms with Gasteiger partial charge in [-0.15, -0.1) is 0 Å². The molecule has 0 bridgehead atoms. The highest BCUT2D eigenvalue weighted by Gasteiger charge is 2.38. The van der Waals surface area contributed by atoms with Gasteiger partial charge in [-0.05, 0) is 104 Å². The Morgan fingerprint density at radius 2 is 1.33 bits per heavy atom. The summed E-state index contributed by atoms with van der Waals surface area (Å²) in [5.41, 5.74) is 5.49. The summed E-state index contributed by atoms with van der Waals surface area (Å²) in [6, 6.07) is 37.2. The Kier molecular flexibility index (Phi) is 6.27. The number of para-hydroxylation sites is 4. The molecule has 0 spiro atoms. The predicted molar refractivity (Wildman–Crippen MR) is 238 cm³/mol. The molecular weight excluding hydrogens is 697 g/mol. The summed E-state index contributed by atoms with van der Waals surface area (Å²) in [7, 11) is 0. The van der Waals surface area contributed by atoms with E-state index in [9.17, 15) is 0 Å². The molecule has 5 heteroatoms. The van der Waals surface area contributed by atoms with Gasteiger partial charge in [-0.3, -0.25) is 4.57 Å². The normalized spacial score (nSPS) is 15.8.